The molecule has 9 heteroatoms. The Morgan fingerprint density at radius 2 is 2.19 bits per heavy atom. The Hall–Kier alpha value is -2.97. The summed E-state index contributed by atoms with van der Waals surface area (Å²) in [6.45, 7) is 4.02. The second-order valence-corrected chi connectivity index (χ2v) is 4.52. The van der Waals surface area contributed by atoms with Gasteiger partial charge < -0.3 is 8.94 Å². The van der Waals surface area contributed by atoms with Gasteiger partial charge in [0.2, 0.25) is 5.76 Å². The van der Waals surface area contributed by atoms with Crippen LogP contribution in [-0.2, 0) is 0 Å². The summed E-state index contributed by atoms with van der Waals surface area (Å²) in [6, 6.07) is 3.38. The number of anilines is 1. The van der Waals surface area contributed by atoms with E-state index in [1.165, 1.54) is 12.3 Å². The molecular formula is C12H12N6O3. The minimum atomic E-state index is -0.518. The summed E-state index contributed by atoms with van der Waals surface area (Å²) < 4.78 is 11.8. The molecular weight excluding hydrogens is 276 g/mol. The van der Waals surface area contributed by atoms with Gasteiger partial charge in [0.1, 0.15) is 5.69 Å². The third-order valence-corrected chi connectivity index (χ3v) is 2.66. The second-order valence-electron chi connectivity index (χ2n) is 4.52. The van der Waals surface area contributed by atoms with E-state index in [1.54, 1.807) is 10.7 Å². The van der Waals surface area contributed by atoms with E-state index in [1.807, 2.05) is 20.0 Å². The van der Waals surface area contributed by atoms with Crippen molar-refractivity contribution in [3.05, 3.63) is 30.3 Å². The molecule has 0 aromatic carbocycles. The van der Waals surface area contributed by atoms with Crippen molar-refractivity contribution >= 4 is 11.9 Å². The molecule has 0 saturated heterocycles. The third-order valence-electron chi connectivity index (χ3n) is 2.66. The minimum Gasteiger partial charge on any atom is -0.401 e. The van der Waals surface area contributed by atoms with E-state index in [0.29, 0.717) is 5.69 Å². The number of carbonyl (C=O) groups excluding carboxylic acids is 1. The first-order valence-corrected chi connectivity index (χ1v) is 6.24. The first kappa shape index (κ1) is 13.0. The molecule has 0 bridgehead atoms. The molecule has 1 amide bonds. The van der Waals surface area contributed by atoms with E-state index < -0.39 is 5.91 Å². The van der Waals surface area contributed by atoms with Crippen LogP contribution in [0.2, 0.25) is 0 Å². The first-order valence-electron chi connectivity index (χ1n) is 6.24. The topological polar surface area (TPSA) is 112 Å². The highest BCUT2D eigenvalue weighted by Gasteiger charge is 2.16. The smallest absolute Gasteiger partial charge is 0.322 e. The van der Waals surface area contributed by atoms with Gasteiger partial charge in [0.25, 0.3) is 11.8 Å². The molecule has 1 N–H and O–H groups in total. The standard InChI is InChI=1S/C12H12N6O3/c1-7(2)18-6-4-8(17-18)11-15-16-12(20-11)14-10(19)9-3-5-13-21-9/h3-7H,1-2H3,(H,14,16,19). The van der Waals surface area contributed by atoms with E-state index in [2.05, 4.69) is 25.8 Å². The normalized spacial score (nSPS) is 11.0. The fourth-order valence-corrected chi connectivity index (χ4v) is 1.61. The molecule has 0 spiro atoms. The molecule has 0 aliphatic heterocycles. The fourth-order valence-electron chi connectivity index (χ4n) is 1.61. The third kappa shape index (κ3) is 2.66. The largest absolute Gasteiger partial charge is 0.401 e. The Kier molecular flexibility index (Phi) is 3.22. The molecule has 3 heterocycles. The monoisotopic (exact) mass is 288 g/mol. The maximum Gasteiger partial charge on any atom is 0.322 e. The number of hydrogen-bond acceptors (Lipinski definition) is 7. The van der Waals surface area contributed by atoms with Gasteiger partial charge in [-0.15, -0.1) is 5.10 Å². The number of hydrogen-bond donors (Lipinski definition) is 1. The Bertz CT molecular complexity index is 743. The van der Waals surface area contributed by atoms with Crippen LogP contribution in [-0.4, -0.2) is 31.0 Å². The maximum absolute atomic E-state index is 11.7. The highest BCUT2D eigenvalue weighted by molar-refractivity contribution is 6.00. The number of amides is 1. The summed E-state index contributed by atoms with van der Waals surface area (Å²) in [5.74, 6) is -0.239. The van der Waals surface area contributed by atoms with Crippen molar-refractivity contribution in [2.45, 2.75) is 19.9 Å². The molecule has 3 aromatic heterocycles. The maximum atomic E-state index is 11.7. The Morgan fingerprint density at radius 3 is 2.86 bits per heavy atom. The summed E-state index contributed by atoms with van der Waals surface area (Å²) in [6.07, 6.45) is 3.18. The first-order chi connectivity index (χ1) is 10.1. The zero-order valence-corrected chi connectivity index (χ0v) is 11.3. The van der Waals surface area contributed by atoms with Gasteiger partial charge in [0.05, 0.1) is 6.20 Å². The SMILES string of the molecule is CC(C)n1ccc(-c2nnc(NC(=O)c3ccno3)o2)n1. The summed E-state index contributed by atoms with van der Waals surface area (Å²) in [5, 5.41) is 17.7. The highest BCUT2D eigenvalue weighted by Crippen LogP contribution is 2.19. The van der Waals surface area contributed by atoms with Crippen molar-refractivity contribution in [3.8, 4) is 11.6 Å². The van der Waals surface area contributed by atoms with Crippen molar-refractivity contribution in [2.75, 3.05) is 5.32 Å². The van der Waals surface area contributed by atoms with Gasteiger partial charge >= 0.3 is 6.01 Å². The Morgan fingerprint density at radius 1 is 1.33 bits per heavy atom. The number of nitrogens with zero attached hydrogens (tertiary/aromatic N) is 5. The van der Waals surface area contributed by atoms with Crippen molar-refractivity contribution in [2.24, 2.45) is 0 Å². The Labute approximate surface area is 118 Å². The molecule has 3 aromatic rings. The molecule has 0 atom stereocenters. The van der Waals surface area contributed by atoms with Gasteiger partial charge in [-0.2, -0.15) is 5.10 Å². The predicted molar refractivity (Wildman–Crippen MR) is 70.4 cm³/mol. The quantitative estimate of drug-likeness (QED) is 0.778. The molecule has 9 nitrogen and oxygen atoms in total. The van der Waals surface area contributed by atoms with E-state index in [9.17, 15) is 4.79 Å². The number of nitrogens with one attached hydrogen (secondary N) is 1. The van der Waals surface area contributed by atoms with Crippen LogP contribution in [0.15, 0.2) is 33.5 Å². The summed E-state index contributed by atoms with van der Waals surface area (Å²) in [4.78, 5) is 11.7. The van der Waals surface area contributed by atoms with Gasteiger partial charge in [-0.05, 0) is 19.9 Å². The van der Waals surface area contributed by atoms with Crippen LogP contribution < -0.4 is 5.32 Å². The van der Waals surface area contributed by atoms with Crippen molar-refractivity contribution in [3.63, 3.8) is 0 Å². The van der Waals surface area contributed by atoms with Crippen LogP contribution in [0.3, 0.4) is 0 Å². The van der Waals surface area contributed by atoms with E-state index in [-0.39, 0.29) is 23.7 Å². The van der Waals surface area contributed by atoms with Crippen LogP contribution in [0.25, 0.3) is 11.6 Å². The van der Waals surface area contributed by atoms with Gasteiger partial charge in [-0.25, -0.2) is 0 Å². The van der Waals surface area contributed by atoms with Crippen LogP contribution >= 0.6 is 0 Å². The molecule has 0 saturated carbocycles. The zero-order chi connectivity index (χ0) is 14.8. The van der Waals surface area contributed by atoms with Crippen molar-refractivity contribution in [1.29, 1.82) is 0 Å². The van der Waals surface area contributed by atoms with Gasteiger partial charge in [-0.1, -0.05) is 10.3 Å². The lowest BCUT2D eigenvalue weighted by molar-refractivity contribution is 0.0985. The second kappa shape index (κ2) is 5.19. The summed E-state index contributed by atoms with van der Waals surface area (Å²) in [5.41, 5.74) is 0.538. The molecule has 21 heavy (non-hydrogen) atoms. The van der Waals surface area contributed by atoms with Gasteiger partial charge in [-0.3, -0.25) is 14.8 Å². The average Bonchev–Trinajstić information content (AvgIpc) is 3.20. The molecule has 0 fully saturated rings. The van der Waals surface area contributed by atoms with Crippen LogP contribution in [0.5, 0.6) is 0 Å². The van der Waals surface area contributed by atoms with E-state index in [4.69, 9.17) is 8.94 Å². The van der Waals surface area contributed by atoms with Crippen molar-refractivity contribution in [1.82, 2.24) is 25.1 Å². The predicted octanol–water partition coefficient (Wildman–Crippen LogP) is 1.75. The number of carbonyl (C=O) groups is 1. The Balaban J connectivity index is 1.75. The summed E-state index contributed by atoms with van der Waals surface area (Å²) in [7, 11) is 0. The average molecular weight is 288 g/mol. The lowest BCUT2D eigenvalue weighted by Gasteiger charge is -2.02. The van der Waals surface area contributed by atoms with Crippen molar-refractivity contribution < 1.29 is 13.7 Å². The lowest BCUT2D eigenvalue weighted by Crippen LogP contribution is -2.11. The molecule has 0 aliphatic carbocycles. The van der Waals surface area contributed by atoms with Gasteiger partial charge in [0.15, 0.2) is 0 Å². The molecule has 0 radical (unpaired) electrons. The van der Waals surface area contributed by atoms with E-state index in [0.717, 1.165) is 0 Å². The highest BCUT2D eigenvalue weighted by atomic mass is 16.5. The number of rotatable bonds is 4. The lowest BCUT2D eigenvalue weighted by atomic mass is 10.4. The molecule has 108 valence electrons. The van der Waals surface area contributed by atoms with Crippen LogP contribution in [0.4, 0.5) is 6.01 Å². The zero-order valence-electron chi connectivity index (χ0n) is 11.3. The van der Waals surface area contributed by atoms with E-state index >= 15 is 0 Å². The molecule has 0 unspecified atom stereocenters. The van der Waals surface area contributed by atoms with Crippen LogP contribution in [0.1, 0.15) is 30.4 Å². The molecule has 0 aliphatic rings. The van der Waals surface area contributed by atoms with Gasteiger partial charge in [0, 0.05) is 18.3 Å². The molecule has 3 rings (SSSR count). The summed E-state index contributed by atoms with van der Waals surface area (Å²) >= 11 is 0. The minimum absolute atomic E-state index is 0.0366. The van der Waals surface area contributed by atoms with Crippen LogP contribution in [0, 0.1) is 0 Å². The fraction of sp³-hybridized carbons (Fsp3) is 0.250. The number of aromatic nitrogens is 5.